The molecule has 1 heterocycles. The summed E-state index contributed by atoms with van der Waals surface area (Å²) in [5, 5.41) is 16.0. The summed E-state index contributed by atoms with van der Waals surface area (Å²) in [6.07, 6.45) is 0.0469. The van der Waals surface area contributed by atoms with Crippen molar-refractivity contribution in [1.82, 2.24) is 10.6 Å². The van der Waals surface area contributed by atoms with Crippen LogP contribution in [0.5, 0.6) is 0 Å². The molecule has 3 atom stereocenters. The first-order valence-electron chi connectivity index (χ1n) is 6.03. The molecule has 1 aliphatic heterocycles. The first-order chi connectivity index (χ1) is 8.56. The highest BCUT2D eigenvalue weighted by Gasteiger charge is 2.28. The molecule has 2 rings (SSSR count). The van der Waals surface area contributed by atoms with Crippen LogP contribution in [0.25, 0.3) is 0 Å². The van der Waals surface area contributed by atoms with Gasteiger partial charge in [-0.3, -0.25) is 4.79 Å². The van der Waals surface area contributed by atoms with Gasteiger partial charge in [-0.1, -0.05) is 23.7 Å². The van der Waals surface area contributed by atoms with Gasteiger partial charge in [0.25, 0.3) is 0 Å². The molecular formula is C13H17ClN2O2. The molecule has 1 fully saturated rings. The summed E-state index contributed by atoms with van der Waals surface area (Å²) in [7, 11) is 0. The Morgan fingerprint density at radius 1 is 1.50 bits per heavy atom. The van der Waals surface area contributed by atoms with Crippen LogP contribution in [-0.4, -0.2) is 29.7 Å². The maximum atomic E-state index is 11.9. The van der Waals surface area contributed by atoms with E-state index in [0.29, 0.717) is 18.0 Å². The molecule has 0 aliphatic carbocycles. The second-order valence-electron chi connectivity index (χ2n) is 4.63. The minimum atomic E-state index is -0.424. The lowest BCUT2D eigenvalue weighted by Gasteiger charge is -2.17. The van der Waals surface area contributed by atoms with Gasteiger partial charge in [0.2, 0.25) is 5.91 Å². The lowest BCUT2D eigenvalue weighted by atomic mass is 10.1. The molecule has 4 nitrogen and oxygen atoms in total. The average molecular weight is 269 g/mol. The van der Waals surface area contributed by atoms with Crippen molar-refractivity contribution in [3.8, 4) is 0 Å². The monoisotopic (exact) mass is 268 g/mol. The summed E-state index contributed by atoms with van der Waals surface area (Å²) >= 11 is 5.82. The normalized spacial score (nSPS) is 24.8. The van der Waals surface area contributed by atoms with Gasteiger partial charge in [-0.15, -0.1) is 0 Å². The average Bonchev–Trinajstić information content (AvgIpc) is 2.76. The zero-order valence-corrected chi connectivity index (χ0v) is 10.9. The number of carbonyl (C=O) groups excluding carboxylic acids is 1. The van der Waals surface area contributed by atoms with Crippen LogP contribution in [0.2, 0.25) is 5.02 Å². The van der Waals surface area contributed by atoms with Gasteiger partial charge in [-0.05, 0) is 31.0 Å². The largest absolute Gasteiger partial charge is 0.392 e. The van der Waals surface area contributed by atoms with Gasteiger partial charge in [0.1, 0.15) is 0 Å². The van der Waals surface area contributed by atoms with E-state index in [1.54, 1.807) is 12.1 Å². The number of halogens is 1. The minimum absolute atomic E-state index is 0.0747. The van der Waals surface area contributed by atoms with Crippen LogP contribution < -0.4 is 10.6 Å². The Morgan fingerprint density at radius 2 is 2.17 bits per heavy atom. The fourth-order valence-electron chi connectivity index (χ4n) is 2.07. The van der Waals surface area contributed by atoms with E-state index in [1.807, 2.05) is 19.1 Å². The number of amides is 1. The Kier molecular flexibility index (Phi) is 4.22. The van der Waals surface area contributed by atoms with Gasteiger partial charge in [-0.2, -0.15) is 0 Å². The van der Waals surface area contributed by atoms with Crippen molar-refractivity contribution in [3.05, 3.63) is 34.9 Å². The lowest BCUT2D eigenvalue weighted by Crippen LogP contribution is -2.41. The number of β-amino-alcohol motifs (C(OH)–C–C–N with tert-alkyl or cyclic N) is 1. The summed E-state index contributed by atoms with van der Waals surface area (Å²) in [6.45, 7) is 2.40. The van der Waals surface area contributed by atoms with Crippen LogP contribution in [0.15, 0.2) is 24.3 Å². The van der Waals surface area contributed by atoms with Crippen molar-refractivity contribution in [2.45, 2.75) is 31.5 Å². The Balaban J connectivity index is 1.92. The van der Waals surface area contributed by atoms with Crippen molar-refractivity contribution >= 4 is 17.5 Å². The number of benzene rings is 1. The predicted octanol–water partition coefficient (Wildman–Crippen LogP) is 1.24. The third-order valence-electron chi connectivity index (χ3n) is 3.15. The van der Waals surface area contributed by atoms with Gasteiger partial charge in [0.05, 0.1) is 18.2 Å². The number of hydrogen-bond donors (Lipinski definition) is 3. The van der Waals surface area contributed by atoms with Crippen LogP contribution in [0, 0.1) is 0 Å². The van der Waals surface area contributed by atoms with Gasteiger partial charge in [0.15, 0.2) is 0 Å². The quantitative estimate of drug-likeness (QED) is 0.773. The number of hydrogen-bond acceptors (Lipinski definition) is 3. The van der Waals surface area contributed by atoms with Crippen molar-refractivity contribution in [3.63, 3.8) is 0 Å². The molecule has 3 N–H and O–H groups in total. The number of carbonyl (C=O) groups is 1. The standard InChI is InChI=1S/C13H17ClN2O2/c1-8(9-2-4-10(14)5-3-9)16-13(18)12-6-11(17)7-15-12/h2-5,8,11-12,15,17H,6-7H2,1H3,(H,16,18). The zero-order valence-electron chi connectivity index (χ0n) is 10.2. The lowest BCUT2D eigenvalue weighted by molar-refractivity contribution is -0.123. The van der Waals surface area contributed by atoms with Crippen molar-refractivity contribution in [2.75, 3.05) is 6.54 Å². The number of aliphatic hydroxyl groups excluding tert-OH is 1. The Bertz CT molecular complexity index is 422. The summed E-state index contributed by atoms with van der Waals surface area (Å²) < 4.78 is 0. The fraction of sp³-hybridized carbons (Fsp3) is 0.462. The molecule has 0 aromatic heterocycles. The van der Waals surface area contributed by atoms with Gasteiger partial charge < -0.3 is 15.7 Å². The van der Waals surface area contributed by atoms with Crippen molar-refractivity contribution < 1.29 is 9.90 Å². The van der Waals surface area contributed by atoms with Crippen LogP contribution in [0.4, 0.5) is 0 Å². The van der Waals surface area contributed by atoms with E-state index in [0.717, 1.165) is 5.56 Å². The minimum Gasteiger partial charge on any atom is -0.392 e. The van der Waals surface area contributed by atoms with Crippen molar-refractivity contribution in [2.24, 2.45) is 0 Å². The third kappa shape index (κ3) is 3.22. The van der Waals surface area contributed by atoms with Gasteiger partial charge in [-0.25, -0.2) is 0 Å². The van der Waals surface area contributed by atoms with Crippen LogP contribution >= 0.6 is 11.6 Å². The Morgan fingerprint density at radius 3 is 2.72 bits per heavy atom. The summed E-state index contributed by atoms with van der Waals surface area (Å²) in [5.74, 6) is -0.0750. The van der Waals surface area contributed by atoms with E-state index >= 15 is 0 Å². The first kappa shape index (κ1) is 13.3. The third-order valence-corrected chi connectivity index (χ3v) is 3.40. The van der Waals surface area contributed by atoms with E-state index in [1.165, 1.54) is 0 Å². The molecule has 1 amide bonds. The molecular weight excluding hydrogens is 252 g/mol. The molecule has 1 saturated heterocycles. The number of aliphatic hydroxyl groups is 1. The zero-order chi connectivity index (χ0) is 13.1. The Hall–Kier alpha value is -1.10. The van der Waals surface area contributed by atoms with Gasteiger partial charge in [0, 0.05) is 11.6 Å². The topological polar surface area (TPSA) is 61.4 Å². The SMILES string of the molecule is CC(NC(=O)C1CC(O)CN1)c1ccc(Cl)cc1. The maximum absolute atomic E-state index is 11.9. The highest BCUT2D eigenvalue weighted by atomic mass is 35.5. The highest BCUT2D eigenvalue weighted by Crippen LogP contribution is 2.16. The summed E-state index contributed by atoms with van der Waals surface area (Å²) in [6, 6.07) is 7.02. The highest BCUT2D eigenvalue weighted by molar-refractivity contribution is 6.30. The molecule has 0 radical (unpaired) electrons. The van der Waals surface area contributed by atoms with E-state index in [9.17, 15) is 9.90 Å². The van der Waals surface area contributed by atoms with E-state index in [2.05, 4.69) is 10.6 Å². The first-order valence-corrected chi connectivity index (χ1v) is 6.41. The van der Waals surface area contributed by atoms with E-state index < -0.39 is 6.10 Å². The summed E-state index contributed by atoms with van der Waals surface area (Å²) in [5.41, 5.74) is 1.01. The molecule has 1 aliphatic rings. The van der Waals surface area contributed by atoms with Crippen LogP contribution in [-0.2, 0) is 4.79 Å². The molecule has 0 bridgehead atoms. The molecule has 5 heteroatoms. The van der Waals surface area contributed by atoms with Gasteiger partial charge >= 0.3 is 0 Å². The second kappa shape index (κ2) is 5.69. The molecule has 18 heavy (non-hydrogen) atoms. The number of rotatable bonds is 3. The molecule has 1 aromatic carbocycles. The maximum Gasteiger partial charge on any atom is 0.237 e. The molecule has 1 aromatic rings. The molecule has 0 saturated carbocycles. The van der Waals surface area contributed by atoms with Crippen molar-refractivity contribution in [1.29, 1.82) is 0 Å². The number of nitrogens with one attached hydrogen (secondary N) is 2. The summed E-state index contributed by atoms with van der Waals surface area (Å²) in [4.78, 5) is 11.9. The molecule has 0 spiro atoms. The van der Waals surface area contributed by atoms with E-state index in [4.69, 9.17) is 11.6 Å². The molecule has 98 valence electrons. The van der Waals surface area contributed by atoms with Crippen LogP contribution in [0.3, 0.4) is 0 Å². The molecule has 3 unspecified atom stereocenters. The second-order valence-corrected chi connectivity index (χ2v) is 5.07. The fourth-order valence-corrected chi connectivity index (χ4v) is 2.19. The van der Waals surface area contributed by atoms with E-state index in [-0.39, 0.29) is 18.0 Å². The Labute approximate surface area is 111 Å². The smallest absolute Gasteiger partial charge is 0.237 e. The van der Waals surface area contributed by atoms with Crippen LogP contribution in [0.1, 0.15) is 24.9 Å². The predicted molar refractivity (Wildman–Crippen MR) is 70.4 cm³/mol.